The molecule has 0 aliphatic carbocycles. The van der Waals surface area contributed by atoms with Gasteiger partial charge in [0.05, 0.1) is 12.3 Å². The molecule has 1 aromatic rings. The van der Waals surface area contributed by atoms with Crippen molar-refractivity contribution in [1.29, 1.82) is 0 Å². The van der Waals surface area contributed by atoms with E-state index < -0.39 is 10.1 Å². The van der Waals surface area contributed by atoms with Gasteiger partial charge in [0.15, 0.2) is 0 Å². The first-order valence-corrected chi connectivity index (χ1v) is 6.02. The summed E-state index contributed by atoms with van der Waals surface area (Å²) in [6, 6.07) is 2.69. The topological polar surface area (TPSA) is 113 Å². The van der Waals surface area contributed by atoms with Gasteiger partial charge in [0.2, 0.25) is 0 Å². The van der Waals surface area contributed by atoms with Gasteiger partial charge in [0.25, 0.3) is 10.1 Å². The summed E-state index contributed by atoms with van der Waals surface area (Å²) in [7, 11) is -4.30. The molecule has 16 heavy (non-hydrogen) atoms. The van der Waals surface area contributed by atoms with Crippen LogP contribution in [0.4, 0.5) is 11.4 Å². The molecule has 0 spiro atoms. The normalized spacial score (nSPS) is 11.4. The highest BCUT2D eigenvalue weighted by Crippen LogP contribution is 2.26. The highest BCUT2D eigenvalue weighted by Gasteiger charge is 2.15. The highest BCUT2D eigenvalue weighted by molar-refractivity contribution is 7.86. The van der Waals surface area contributed by atoms with E-state index in [4.69, 9.17) is 15.4 Å². The van der Waals surface area contributed by atoms with Crippen LogP contribution in [0.1, 0.15) is 5.56 Å². The third kappa shape index (κ3) is 2.84. The summed E-state index contributed by atoms with van der Waals surface area (Å²) >= 11 is 0. The fraction of sp³-hybridized carbons (Fsp3) is 0.333. The second-order valence-corrected chi connectivity index (χ2v) is 4.72. The molecule has 0 aliphatic rings. The molecule has 0 radical (unpaired) electrons. The van der Waals surface area contributed by atoms with Crippen molar-refractivity contribution in [3.63, 3.8) is 0 Å². The number of hydrogen-bond acceptors (Lipinski definition) is 5. The number of aliphatic hydroxyl groups excluding tert-OH is 1. The average Bonchev–Trinajstić information content (AvgIpc) is 2.17. The third-order valence-corrected chi connectivity index (χ3v) is 2.97. The number of anilines is 2. The molecule has 0 aromatic heterocycles. The van der Waals surface area contributed by atoms with Crippen molar-refractivity contribution in [2.45, 2.75) is 11.8 Å². The molecule has 0 unspecified atom stereocenters. The highest BCUT2D eigenvalue weighted by atomic mass is 32.2. The number of nitrogens with one attached hydrogen (secondary N) is 1. The molecule has 7 heteroatoms. The lowest BCUT2D eigenvalue weighted by molar-refractivity contribution is 0.311. The maximum Gasteiger partial charge on any atom is 0.296 e. The number of nitrogen functional groups attached to an aromatic ring is 1. The first-order chi connectivity index (χ1) is 7.36. The predicted octanol–water partition coefficient (Wildman–Crippen LogP) is 0.228. The van der Waals surface area contributed by atoms with Crippen LogP contribution in [0.3, 0.4) is 0 Å². The van der Waals surface area contributed by atoms with Crippen molar-refractivity contribution in [1.82, 2.24) is 0 Å². The van der Waals surface area contributed by atoms with Gasteiger partial charge >= 0.3 is 0 Å². The van der Waals surface area contributed by atoms with Crippen molar-refractivity contribution >= 4 is 21.5 Å². The van der Waals surface area contributed by atoms with Gasteiger partial charge in [0, 0.05) is 12.2 Å². The van der Waals surface area contributed by atoms with Gasteiger partial charge in [-0.05, 0) is 24.6 Å². The van der Waals surface area contributed by atoms with Crippen LogP contribution in [-0.4, -0.2) is 31.2 Å². The molecule has 1 rings (SSSR count). The van der Waals surface area contributed by atoms with Crippen LogP contribution >= 0.6 is 0 Å². The zero-order valence-corrected chi connectivity index (χ0v) is 9.58. The molecule has 0 saturated heterocycles. The Hall–Kier alpha value is -1.31. The molecule has 0 saturated carbocycles. The summed E-state index contributed by atoms with van der Waals surface area (Å²) in [6.45, 7) is 1.97. The Morgan fingerprint density at radius 2 is 2.06 bits per heavy atom. The molecule has 0 bridgehead atoms. The Morgan fingerprint density at radius 3 is 2.56 bits per heavy atom. The Kier molecular flexibility index (Phi) is 3.74. The molecule has 0 heterocycles. The number of hydrogen-bond donors (Lipinski definition) is 4. The summed E-state index contributed by atoms with van der Waals surface area (Å²) in [5, 5.41) is 11.5. The van der Waals surface area contributed by atoms with E-state index in [0.717, 1.165) is 0 Å². The molecular formula is C9H14N2O4S. The van der Waals surface area contributed by atoms with Gasteiger partial charge in [-0.15, -0.1) is 0 Å². The van der Waals surface area contributed by atoms with Crippen molar-refractivity contribution in [3.05, 3.63) is 17.7 Å². The molecule has 0 atom stereocenters. The van der Waals surface area contributed by atoms with Crippen LogP contribution < -0.4 is 11.1 Å². The fourth-order valence-electron chi connectivity index (χ4n) is 1.30. The molecule has 5 N–H and O–H groups in total. The average molecular weight is 246 g/mol. The number of aliphatic hydroxyl groups is 1. The van der Waals surface area contributed by atoms with Crippen LogP contribution in [0.15, 0.2) is 17.0 Å². The number of benzene rings is 1. The maximum atomic E-state index is 10.9. The third-order valence-electron chi connectivity index (χ3n) is 2.06. The van der Waals surface area contributed by atoms with Crippen molar-refractivity contribution in [3.8, 4) is 0 Å². The smallest absolute Gasteiger partial charge is 0.296 e. The Balaban J connectivity index is 3.17. The molecule has 1 aromatic carbocycles. The molecule has 0 fully saturated rings. The van der Waals surface area contributed by atoms with E-state index in [2.05, 4.69) is 5.32 Å². The van der Waals surface area contributed by atoms with E-state index in [1.54, 1.807) is 6.92 Å². The fourth-order valence-corrected chi connectivity index (χ4v) is 1.99. The second kappa shape index (κ2) is 4.69. The van der Waals surface area contributed by atoms with E-state index in [-0.39, 0.29) is 17.2 Å². The van der Waals surface area contributed by atoms with E-state index in [1.807, 2.05) is 0 Å². The number of aryl methyl sites for hydroxylation is 1. The Labute approximate surface area is 93.8 Å². The van der Waals surface area contributed by atoms with E-state index in [9.17, 15) is 8.42 Å². The lowest BCUT2D eigenvalue weighted by Gasteiger charge is -2.11. The quantitative estimate of drug-likeness (QED) is 0.447. The summed E-state index contributed by atoms with van der Waals surface area (Å²) in [6.07, 6.45) is 0. The Bertz CT molecular complexity index is 485. The summed E-state index contributed by atoms with van der Waals surface area (Å²) < 4.78 is 30.8. The summed E-state index contributed by atoms with van der Waals surface area (Å²) in [5.74, 6) is 0. The van der Waals surface area contributed by atoms with Gasteiger partial charge < -0.3 is 16.2 Å². The van der Waals surface area contributed by atoms with Gasteiger partial charge in [-0.2, -0.15) is 8.42 Å². The largest absolute Gasteiger partial charge is 0.398 e. The summed E-state index contributed by atoms with van der Waals surface area (Å²) in [4.78, 5) is -0.306. The minimum Gasteiger partial charge on any atom is -0.398 e. The molecular weight excluding hydrogens is 232 g/mol. The minimum atomic E-state index is -4.30. The van der Waals surface area contributed by atoms with Crippen molar-refractivity contribution in [2.75, 3.05) is 24.2 Å². The van der Waals surface area contributed by atoms with Crippen molar-refractivity contribution < 1.29 is 18.1 Å². The number of rotatable bonds is 4. The van der Waals surface area contributed by atoms with Gasteiger partial charge in [0.1, 0.15) is 4.90 Å². The molecule has 0 aliphatic heterocycles. The number of nitrogens with two attached hydrogens (primary N) is 1. The van der Waals surface area contributed by atoms with Crippen LogP contribution in [0, 0.1) is 6.92 Å². The molecule has 0 amide bonds. The van der Waals surface area contributed by atoms with Gasteiger partial charge in [-0.3, -0.25) is 4.55 Å². The predicted molar refractivity (Wildman–Crippen MR) is 61.0 cm³/mol. The van der Waals surface area contributed by atoms with Crippen molar-refractivity contribution in [2.24, 2.45) is 0 Å². The zero-order chi connectivity index (χ0) is 12.3. The van der Waals surface area contributed by atoms with Gasteiger partial charge in [-0.25, -0.2) is 0 Å². The first kappa shape index (κ1) is 12.8. The van der Waals surface area contributed by atoms with Crippen LogP contribution in [0.25, 0.3) is 0 Å². The standard InChI is InChI=1S/C9H14N2O4S/c1-6-4-9(16(13,14)15)7(10)5-8(6)11-2-3-12/h4-5,11-12H,2-3,10H2,1H3,(H,13,14,15). The SMILES string of the molecule is Cc1cc(S(=O)(=O)O)c(N)cc1NCCO. The monoisotopic (exact) mass is 246 g/mol. The lowest BCUT2D eigenvalue weighted by Crippen LogP contribution is -2.09. The van der Waals surface area contributed by atoms with E-state index in [0.29, 0.717) is 17.8 Å². The van der Waals surface area contributed by atoms with Crippen LogP contribution in [0.2, 0.25) is 0 Å². The van der Waals surface area contributed by atoms with Gasteiger partial charge in [-0.1, -0.05) is 0 Å². The summed E-state index contributed by atoms with van der Waals surface area (Å²) in [5.41, 5.74) is 6.72. The minimum absolute atomic E-state index is 0.0338. The van der Waals surface area contributed by atoms with E-state index >= 15 is 0 Å². The maximum absolute atomic E-state index is 10.9. The van der Waals surface area contributed by atoms with Crippen LogP contribution in [0.5, 0.6) is 0 Å². The first-order valence-electron chi connectivity index (χ1n) is 4.58. The lowest BCUT2D eigenvalue weighted by atomic mass is 10.2. The van der Waals surface area contributed by atoms with Crippen LogP contribution in [-0.2, 0) is 10.1 Å². The Morgan fingerprint density at radius 1 is 1.44 bits per heavy atom. The molecule has 6 nitrogen and oxygen atoms in total. The molecule has 90 valence electrons. The second-order valence-electron chi connectivity index (χ2n) is 3.33. The van der Waals surface area contributed by atoms with E-state index in [1.165, 1.54) is 12.1 Å². The zero-order valence-electron chi connectivity index (χ0n) is 8.77.